The lowest BCUT2D eigenvalue weighted by molar-refractivity contribution is -0.385. The second-order valence-corrected chi connectivity index (χ2v) is 4.11. The highest BCUT2D eigenvalue weighted by atomic mass is 19.1. The van der Waals surface area contributed by atoms with Crippen molar-refractivity contribution in [3.8, 4) is 0 Å². The van der Waals surface area contributed by atoms with Crippen molar-refractivity contribution in [3.63, 3.8) is 0 Å². The number of carbonyl (C=O) groups excluding carboxylic acids is 1. The first-order valence-corrected chi connectivity index (χ1v) is 5.72. The van der Waals surface area contributed by atoms with Crippen molar-refractivity contribution < 1.29 is 14.1 Å². The van der Waals surface area contributed by atoms with E-state index >= 15 is 0 Å². The fraction of sp³-hybridized carbons (Fsp3) is 0.167. The minimum atomic E-state index is -0.728. The van der Waals surface area contributed by atoms with Crippen molar-refractivity contribution in [2.45, 2.75) is 13.0 Å². The minimum Gasteiger partial charge on any atom is -0.324 e. The second kappa shape index (κ2) is 5.47. The Morgan fingerprint density at radius 3 is 2.65 bits per heavy atom. The van der Waals surface area contributed by atoms with Crippen molar-refractivity contribution in [2.24, 2.45) is 0 Å². The smallest absolute Gasteiger partial charge is 0.307 e. The van der Waals surface area contributed by atoms with E-state index < -0.39 is 22.7 Å². The Hall–Kier alpha value is -2.77. The largest absolute Gasteiger partial charge is 0.324 e. The van der Waals surface area contributed by atoms with Gasteiger partial charge in [0.05, 0.1) is 4.92 Å². The van der Waals surface area contributed by atoms with Crippen LogP contribution in [0.2, 0.25) is 0 Å². The van der Waals surface area contributed by atoms with Gasteiger partial charge in [0.1, 0.15) is 24.3 Å². The van der Waals surface area contributed by atoms with Gasteiger partial charge in [-0.2, -0.15) is 5.10 Å². The Morgan fingerprint density at radius 2 is 2.10 bits per heavy atom. The Morgan fingerprint density at radius 1 is 1.45 bits per heavy atom. The summed E-state index contributed by atoms with van der Waals surface area (Å²) in [5.74, 6) is -0.812. The van der Waals surface area contributed by atoms with E-state index in [1.165, 1.54) is 35.1 Å². The fourth-order valence-electron chi connectivity index (χ4n) is 1.53. The molecule has 1 aromatic carbocycles. The predicted octanol–water partition coefficient (Wildman–Crippen LogP) is 2.13. The molecule has 104 valence electrons. The van der Waals surface area contributed by atoms with Crippen LogP contribution in [-0.2, 0) is 4.79 Å². The van der Waals surface area contributed by atoms with Crippen LogP contribution in [0.15, 0.2) is 36.7 Å². The number of amides is 1. The van der Waals surface area contributed by atoms with Gasteiger partial charge in [0.2, 0.25) is 5.91 Å². The molecule has 0 aliphatic carbocycles. The van der Waals surface area contributed by atoms with Crippen LogP contribution in [0.1, 0.15) is 13.0 Å². The highest BCUT2D eigenvalue weighted by molar-refractivity contribution is 5.93. The van der Waals surface area contributed by atoms with E-state index in [2.05, 4.69) is 10.4 Å². The zero-order chi connectivity index (χ0) is 14.7. The summed E-state index contributed by atoms with van der Waals surface area (Å²) in [6, 6.07) is 4.56. The molecule has 1 heterocycles. The molecule has 0 radical (unpaired) electrons. The van der Waals surface area contributed by atoms with Gasteiger partial charge in [-0.1, -0.05) is 0 Å². The van der Waals surface area contributed by atoms with Crippen LogP contribution in [-0.4, -0.2) is 20.6 Å². The van der Waals surface area contributed by atoms with Crippen LogP contribution in [0.3, 0.4) is 0 Å². The van der Waals surface area contributed by atoms with Crippen molar-refractivity contribution >= 4 is 17.3 Å². The molecule has 8 heteroatoms. The maximum atomic E-state index is 12.7. The summed E-state index contributed by atoms with van der Waals surface area (Å²) in [6.07, 6.45) is 2.25. The number of nitrogens with one attached hydrogen (secondary N) is 1. The maximum absolute atomic E-state index is 12.7. The van der Waals surface area contributed by atoms with Gasteiger partial charge in [-0.25, -0.2) is 4.39 Å². The van der Waals surface area contributed by atoms with Crippen molar-refractivity contribution in [1.29, 1.82) is 0 Å². The number of nitrogens with zero attached hydrogens (tertiary/aromatic N) is 3. The van der Waals surface area contributed by atoms with E-state index in [1.807, 2.05) is 0 Å². The number of carbonyl (C=O) groups is 1. The average Bonchev–Trinajstić information content (AvgIpc) is 2.90. The fourth-order valence-corrected chi connectivity index (χ4v) is 1.53. The van der Waals surface area contributed by atoms with Gasteiger partial charge < -0.3 is 5.32 Å². The number of halogens is 1. The molecule has 0 aliphatic rings. The normalized spacial score (nSPS) is 11.9. The van der Waals surface area contributed by atoms with Gasteiger partial charge in [0.15, 0.2) is 0 Å². The third kappa shape index (κ3) is 2.97. The van der Waals surface area contributed by atoms with E-state index in [-0.39, 0.29) is 5.69 Å². The molecule has 20 heavy (non-hydrogen) atoms. The molecule has 0 aliphatic heterocycles. The molecule has 2 aromatic rings. The summed E-state index contributed by atoms with van der Waals surface area (Å²) >= 11 is 0. The van der Waals surface area contributed by atoms with Crippen LogP contribution >= 0.6 is 0 Å². The van der Waals surface area contributed by atoms with E-state index in [9.17, 15) is 19.3 Å². The van der Waals surface area contributed by atoms with E-state index in [4.69, 9.17) is 0 Å². The number of aromatic nitrogens is 2. The number of anilines is 1. The average molecular weight is 278 g/mol. The molecule has 1 amide bonds. The molecule has 1 N–H and O–H groups in total. The lowest BCUT2D eigenvalue weighted by Crippen LogP contribution is -2.23. The monoisotopic (exact) mass is 278 g/mol. The second-order valence-electron chi connectivity index (χ2n) is 4.11. The summed E-state index contributed by atoms with van der Waals surface area (Å²) < 4.78 is 13.9. The topological polar surface area (TPSA) is 90.1 Å². The lowest BCUT2D eigenvalue weighted by atomic mass is 10.2. The molecular weight excluding hydrogens is 267 g/mol. The quantitative estimate of drug-likeness (QED) is 0.685. The van der Waals surface area contributed by atoms with E-state index in [0.29, 0.717) is 5.69 Å². The van der Waals surface area contributed by atoms with E-state index in [1.54, 1.807) is 6.92 Å². The number of rotatable bonds is 4. The maximum Gasteiger partial charge on any atom is 0.307 e. The van der Waals surface area contributed by atoms with Crippen molar-refractivity contribution in [1.82, 2.24) is 9.78 Å². The molecule has 0 saturated heterocycles. The third-order valence-corrected chi connectivity index (χ3v) is 2.69. The first-order chi connectivity index (χ1) is 9.47. The molecule has 2 rings (SSSR count). The van der Waals surface area contributed by atoms with Crippen LogP contribution in [0.5, 0.6) is 0 Å². The van der Waals surface area contributed by atoms with Gasteiger partial charge in [0.25, 0.3) is 0 Å². The molecule has 0 unspecified atom stereocenters. The Bertz CT molecular complexity index is 638. The Balaban J connectivity index is 2.07. The predicted molar refractivity (Wildman–Crippen MR) is 68.6 cm³/mol. The number of hydrogen-bond acceptors (Lipinski definition) is 4. The Kier molecular flexibility index (Phi) is 3.74. The van der Waals surface area contributed by atoms with Gasteiger partial charge in [-0.15, -0.1) is 0 Å². The first-order valence-electron chi connectivity index (χ1n) is 5.72. The Labute approximate surface area is 113 Å². The zero-order valence-corrected chi connectivity index (χ0v) is 10.5. The van der Waals surface area contributed by atoms with Crippen LogP contribution in [0.4, 0.5) is 15.8 Å². The van der Waals surface area contributed by atoms with Gasteiger partial charge in [0, 0.05) is 5.69 Å². The van der Waals surface area contributed by atoms with Crippen molar-refractivity contribution in [2.75, 3.05) is 5.32 Å². The number of nitro groups is 1. The zero-order valence-electron chi connectivity index (χ0n) is 10.5. The van der Waals surface area contributed by atoms with Crippen LogP contribution in [0, 0.1) is 15.9 Å². The van der Waals surface area contributed by atoms with E-state index in [0.717, 1.165) is 6.20 Å². The molecule has 7 nitrogen and oxygen atoms in total. The van der Waals surface area contributed by atoms with Gasteiger partial charge in [-0.3, -0.25) is 19.6 Å². The number of benzene rings is 1. The summed E-state index contributed by atoms with van der Waals surface area (Å²) in [4.78, 5) is 21.9. The van der Waals surface area contributed by atoms with Gasteiger partial charge in [-0.05, 0) is 31.2 Å². The van der Waals surface area contributed by atoms with Gasteiger partial charge >= 0.3 is 5.69 Å². The summed E-state index contributed by atoms with van der Waals surface area (Å²) in [5.41, 5.74) is 0.247. The molecule has 0 saturated carbocycles. The first kappa shape index (κ1) is 13.7. The summed E-state index contributed by atoms with van der Waals surface area (Å²) in [7, 11) is 0. The van der Waals surface area contributed by atoms with Crippen LogP contribution < -0.4 is 5.32 Å². The molecule has 1 aromatic heterocycles. The molecule has 1 atom stereocenters. The minimum absolute atomic E-state index is 0.188. The number of hydrogen-bond donors (Lipinski definition) is 1. The van der Waals surface area contributed by atoms with Crippen LogP contribution in [0.25, 0.3) is 0 Å². The highest BCUT2D eigenvalue weighted by Gasteiger charge is 2.19. The highest BCUT2D eigenvalue weighted by Crippen LogP contribution is 2.15. The SMILES string of the molecule is C[C@H](C(=O)Nc1ccc(F)cc1)n1cc([N+](=O)[O-])cn1. The molecule has 0 fully saturated rings. The lowest BCUT2D eigenvalue weighted by Gasteiger charge is -2.12. The molecule has 0 bridgehead atoms. The molecule has 0 spiro atoms. The summed E-state index contributed by atoms with van der Waals surface area (Å²) in [6.45, 7) is 1.55. The summed E-state index contributed by atoms with van der Waals surface area (Å²) in [5, 5.41) is 16.9. The third-order valence-electron chi connectivity index (χ3n) is 2.69. The standard InChI is InChI=1S/C12H11FN4O3/c1-8(16-7-11(6-14-16)17(19)20)12(18)15-10-4-2-9(13)3-5-10/h2-8H,1H3,(H,15,18)/t8-/m1/s1. The van der Waals surface area contributed by atoms with Crippen molar-refractivity contribution in [3.05, 3.63) is 52.6 Å². The molecular formula is C12H11FN4O3.